The zero-order valence-corrected chi connectivity index (χ0v) is 15.0. The van der Waals surface area contributed by atoms with Crippen molar-refractivity contribution in [2.75, 3.05) is 24.2 Å². The highest BCUT2D eigenvalue weighted by atomic mass is 127. The standard InChI is InChI=1S/C7H13IO2.C7H14O3/c2*1-7(2)9-5-6(10-7)3-4-8/h6H,3-5H2,1-2H3;6,8H,3-5H2,1-2H3/t2*6-/m11/s1. The molecular formula is C14H27IO5. The van der Waals surface area contributed by atoms with Crippen LogP contribution in [-0.4, -0.2) is 53.1 Å². The number of hydrogen-bond donors (Lipinski definition) is 1. The van der Waals surface area contributed by atoms with E-state index in [-0.39, 0.29) is 18.5 Å². The van der Waals surface area contributed by atoms with Crippen LogP contribution in [0, 0.1) is 0 Å². The summed E-state index contributed by atoms with van der Waals surface area (Å²) in [4.78, 5) is 0. The molecule has 6 heteroatoms. The van der Waals surface area contributed by atoms with Crippen LogP contribution < -0.4 is 0 Å². The Morgan fingerprint density at radius 3 is 1.70 bits per heavy atom. The van der Waals surface area contributed by atoms with Crippen LogP contribution in [0.4, 0.5) is 0 Å². The first-order valence-electron chi connectivity index (χ1n) is 7.08. The number of alkyl halides is 1. The summed E-state index contributed by atoms with van der Waals surface area (Å²) in [6.07, 6.45) is 2.18. The van der Waals surface area contributed by atoms with Crippen molar-refractivity contribution in [1.29, 1.82) is 0 Å². The molecule has 0 bridgehead atoms. The van der Waals surface area contributed by atoms with E-state index < -0.39 is 5.79 Å². The maximum Gasteiger partial charge on any atom is 0.163 e. The number of rotatable bonds is 4. The third-order valence-corrected chi connectivity index (χ3v) is 3.64. The van der Waals surface area contributed by atoms with E-state index in [2.05, 4.69) is 22.6 Å². The smallest absolute Gasteiger partial charge is 0.163 e. The minimum atomic E-state index is -0.445. The SMILES string of the molecule is CC1(C)OC[C@@H](CCI)O1.CC1(C)OC[C@@H](CCO)O1. The monoisotopic (exact) mass is 402 g/mol. The fourth-order valence-corrected chi connectivity index (χ4v) is 2.77. The van der Waals surface area contributed by atoms with Crippen LogP contribution in [0.3, 0.4) is 0 Å². The summed E-state index contributed by atoms with van der Waals surface area (Å²) in [5.41, 5.74) is 0. The van der Waals surface area contributed by atoms with Crippen molar-refractivity contribution >= 4 is 22.6 Å². The van der Waals surface area contributed by atoms with E-state index in [1.54, 1.807) is 0 Å². The molecule has 2 atom stereocenters. The fourth-order valence-electron chi connectivity index (χ4n) is 2.08. The Balaban J connectivity index is 0.000000200. The number of halogens is 1. The van der Waals surface area contributed by atoms with Crippen molar-refractivity contribution in [2.24, 2.45) is 0 Å². The second-order valence-corrected chi connectivity index (χ2v) is 6.97. The number of hydrogen-bond acceptors (Lipinski definition) is 5. The third kappa shape index (κ3) is 7.00. The predicted octanol–water partition coefficient (Wildman–Crippen LogP) is 2.48. The van der Waals surface area contributed by atoms with Gasteiger partial charge in [0.25, 0.3) is 0 Å². The van der Waals surface area contributed by atoms with Gasteiger partial charge in [-0.1, -0.05) is 22.6 Å². The van der Waals surface area contributed by atoms with Crippen LogP contribution in [0.1, 0.15) is 40.5 Å². The minimum Gasteiger partial charge on any atom is -0.396 e. The van der Waals surface area contributed by atoms with Gasteiger partial charge in [0, 0.05) is 11.0 Å². The summed E-state index contributed by atoms with van der Waals surface area (Å²) in [6.45, 7) is 9.21. The quantitative estimate of drug-likeness (QED) is 0.579. The molecule has 0 amide bonds. The average molecular weight is 402 g/mol. The Labute approximate surface area is 135 Å². The second kappa shape index (κ2) is 8.24. The van der Waals surface area contributed by atoms with Crippen molar-refractivity contribution in [3.63, 3.8) is 0 Å². The average Bonchev–Trinajstić information content (AvgIpc) is 2.84. The summed E-state index contributed by atoms with van der Waals surface area (Å²) in [6, 6.07) is 0. The molecule has 0 radical (unpaired) electrons. The summed E-state index contributed by atoms with van der Waals surface area (Å²) in [5.74, 6) is -0.781. The predicted molar refractivity (Wildman–Crippen MR) is 85.0 cm³/mol. The van der Waals surface area contributed by atoms with Crippen molar-refractivity contribution < 1.29 is 24.1 Å². The molecule has 1 N–H and O–H groups in total. The van der Waals surface area contributed by atoms with Gasteiger partial charge in [-0.3, -0.25) is 0 Å². The molecule has 2 aliphatic rings. The lowest BCUT2D eigenvalue weighted by Crippen LogP contribution is -2.21. The van der Waals surface area contributed by atoms with Crippen molar-refractivity contribution in [3.05, 3.63) is 0 Å². The Morgan fingerprint density at radius 2 is 1.40 bits per heavy atom. The van der Waals surface area contributed by atoms with Gasteiger partial charge in [-0.15, -0.1) is 0 Å². The maximum absolute atomic E-state index is 8.56. The van der Waals surface area contributed by atoms with Gasteiger partial charge in [-0.05, 0) is 40.5 Å². The molecule has 2 aliphatic heterocycles. The van der Waals surface area contributed by atoms with Crippen LogP contribution in [0.25, 0.3) is 0 Å². The lowest BCUT2D eigenvalue weighted by Gasteiger charge is -2.16. The molecular weight excluding hydrogens is 375 g/mol. The zero-order chi connectivity index (χ0) is 15.2. The first kappa shape index (κ1) is 18.6. The number of aliphatic hydroxyl groups excluding tert-OH is 1. The molecule has 0 aromatic rings. The van der Waals surface area contributed by atoms with Crippen LogP contribution >= 0.6 is 22.6 Å². The first-order valence-corrected chi connectivity index (χ1v) is 8.61. The third-order valence-electron chi connectivity index (χ3n) is 3.02. The highest BCUT2D eigenvalue weighted by Crippen LogP contribution is 2.24. The van der Waals surface area contributed by atoms with Gasteiger partial charge in [0.15, 0.2) is 11.6 Å². The van der Waals surface area contributed by atoms with E-state index in [0.29, 0.717) is 19.1 Å². The lowest BCUT2D eigenvalue weighted by molar-refractivity contribution is -0.139. The van der Waals surface area contributed by atoms with Gasteiger partial charge >= 0.3 is 0 Å². The molecule has 2 saturated heterocycles. The Morgan fingerprint density at radius 1 is 0.950 bits per heavy atom. The molecule has 2 fully saturated rings. The molecule has 120 valence electrons. The minimum absolute atomic E-state index is 0.0833. The summed E-state index contributed by atoms with van der Waals surface area (Å²) < 4.78 is 22.8. The van der Waals surface area contributed by atoms with Crippen molar-refractivity contribution in [3.8, 4) is 0 Å². The number of ether oxygens (including phenoxy) is 4. The molecule has 0 spiro atoms. The van der Waals surface area contributed by atoms with E-state index in [1.807, 2.05) is 27.7 Å². The molecule has 0 aromatic carbocycles. The molecule has 0 unspecified atom stereocenters. The van der Waals surface area contributed by atoms with Crippen LogP contribution in [-0.2, 0) is 18.9 Å². The molecule has 5 nitrogen and oxygen atoms in total. The van der Waals surface area contributed by atoms with Crippen LogP contribution in [0.15, 0.2) is 0 Å². The van der Waals surface area contributed by atoms with Gasteiger partial charge in [0.2, 0.25) is 0 Å². The maximum atomic E-state index is 8.56. The van der Waals surface area contributed by atoms with Crippen molar-refractivity contribution in [1.82, 2.24) is 0 Å². The largest absolute Gasteiger partial charge is 0.396 e. The summed E-state index contributed by atoms with van der Waals surface area (Å²) in [5, 5.41) is 8.56. The topological polar surface area (TPSA) is 57.2 Å². The van der Waals surface area contributed by atoms with E-state index in [1.165, 1.54) is 0 Å². The normalized spacial score (nSPS) is 30.9. The highest BCUT2D eigenvalue weighted by Gasteiger charge is 2.32. The van der Waals surface area contributed by atoms with Gasteiger partial charge in [-0.25, -0.2) is 0 Å². The van der Waals surface area contributed by atoms with Crippen LogP contribution in [0.2, 0.25) is 0 Å². The van der Waals surface area contributed by atoms with Crippen molar-refractivity contribution in [2.45, 2.75) is 64.3 Å². The molecule has 2 heterocycles. The van der Waals surface area contributed by atoms with E-state index in [0.717, 1.165) is 17.5 Å². The summed E-state index contributed by atoms with van der Waals surface area (Å²) in [7, 11) is 0. The molecule has 0 aliphatic carbocycles. The van der Waals surface area contributed by atoms with Gasteiger partial charge < -0.3 is 24.1 Å². The molecule has 20 heavy (non-hydrogen) atoms. The lowest BCUT2D eigenvalue weighted by atomic mass is 10.3. The van der Waals surface area contributed by atoms with E-state index >= 15 is 0 Å². The van der Waals surface area contributed by atoms with E-state index in [9.17, 15) is 0 Å². The fraction of sp³-hybridized carbons (Fsp3) is 1.00. The Kier molecular flexibility index (Phi) is 7.65. The van der Waals surface area contributed by atoms with Gasteiger partial charge in [-0.2, -0.15) is 0 Å². The molecule has 2 rings (SSSR count). The molecule has 0 aromatic heterocycles. The first-order chi connectivity index (χ1) is 9.28. The van der Waals surface area contributed by atoms with E-state index in [4.69, 9.17) is 24.1 Å². The van der Waals surface area contributed by atoms with Gasteiger partial charge in [0.1, 0.15) is 0 Å². The number of aliphatic hydroxyl groups is 1. The second-order valence-electron chi connectivity index (χ2n) is 5.89. The van der Waals surface area contributed by atoms with Gasteiger partial charge in [0.05, 0.1) is 25.4 Å². The molecule has 0 saturated carbocycles. The van der Waals surface area contributed by atoms with Crippen LogP contribution in [0.5, 0.6) is 0 Å². The highest BCUT2D eigenvalue weighted by molar-refractivity contribution is 14.1. The zero-order valence-electron chi connectivity index (χ0n) is 12.9. The Hall–Kier alpha value is 0.530. The summed E-state index contributed by atoms with van der Waals surface area (Å²) >= 11 is 2.35. The Bertz CT molecular complexity index is 255.